The van der Waals surface area contributed by atoms with Crippen molar-refractivity contribution in [2.24, 2.45) is 5.73 Å². The number of aromatic nitrogens is 3. The number of nitrogens with two attached hydrogens (primary N) is 1. The second-order valence-corrected chi connectivity index (χ2v) is 10.1. The highest BCUT2D eigenvalue weighted by Gasteiger charge is 2.21. The lowest BCUT2D eigenvalue weighted by Gasteiger charge is -2.14. The molecule has 0 saturated heterocycles. The molecule has 0 unspecified atom stereocenters. The van der Waals surface area contributed by atoms with E-state index < -0.39 is 6.09 Å². The minimum absolute atomic E-state index is 0.146. The third kappa shape index (κ3) is 5.84. The summed E-state index contributed by atoms with van der Waals surface area (Å²) in [6.45, 7) is 4.90. The lowest BCUT2D eigenvalue weighted by molar-refractivity contribution is 0.157. The largest absolute Gasteiger partial charge is 0.449 e. The van der Waals surface area contributed by atoms with Gasteiger partial charge < -0.3 is 15.0 Å². The highest BCUT2D eigenvalue weighted by molar-refractivity contribution is 7.99. The minimum atomic E-state index is -0.802. The molecule has 34 heavy (non-hydrogen) atoms. The zero-order valence-electron chi connectivity index (χ0n) is 18.8. The van der Waals surface area contributed by atoms with Crippen molar-refractivity contribution in [3.8, 4) is 0 Å². The van der Waals surface area contributed by atoms with E-state index in [0.717, 1.165) is 37.9 Å². The van der Waals surface area contributed by atoms with Gasteiger partial charge in [0.2, 0.25) is 0 Å². The molecule has 0 atom stereocenters. The van der Waals surface area contributed by atoms with Crippen LogP contribution < -0.4 is 5.73 Å². The topological polar surface area (TPSA) is 83.0 Å². The fourth-order valence-electron chi connectivity index (χ4n) is 3.67. The van der Waals surface area contributed by atoms with E-state index in [-0.39, 0.29) is 12.5 Å². The molecule has 0 spiro atoms. The molecule has 0 aliphatic carbocycles. The Labute approximate surface area is 212 Å². The Morgan fingerprint density at radius 2 is 1.88 bits per heavy atom. The van der Waals surface area contributed by atoms with Crippen LogP contribution in [0.1, 0.15) is 36.8 Å². The number of para-hydroxylation sites is 1. The molecule has 0 saturated carbocycles. The van der Waals surface area contributed by atoms with Gasteiger partial charge in [0.15, 0.2) is 0 Å². The molecular formula is C25H24Cl2N4O2S. The fourth-order valence-corrected chi connectivity index (χ4v) is 5.58. The molecule has 4 rings (SSSR count). The number of amides is 1. The molecule has 2 aromatic carbocycles. The van der Waals surface area contributed by atoms with Crippen LogP contribution in [0.4, 0.5) is 4.79 Å². The number of rotatable bonds is 8. The smallest absolute Gasteiger partial charge is 0.404 e. The number of nitrogens with zero attached hydrogens (tertiary/aromatic N) is 3. The Balaban J connectivity index is 1.77. The third-order valence-electron chi connectivity index (χ3n) is 5.18. The van der Waals surface area contributed by atoms with E-state index in [4.69, 9.17) is 38.7 Å². The Hall–Kier alpha value is -2.74. The van der Waals surface area contributed by atoms with E-state index in [1.165, 1.54) is 0 Å². The third-order valence-corrected chi connectivity index (χ3v) is 6.71. The molecule has 0 aliphatic heterocycles. The number of imidazole rings is 1. The number of hydrogen-bond acceptors (Lipinski definition) is 5. The van der Waals surface area contributed by atoms with Gasteiger partial charge in [-0.15, -0.1) is 0 Å². The summed E-state index contributed by atoms with van der Waals surface area (Å²) in [6.07, 6.45) is 1.51. The molecule has 0 fully saturated rings. The summed E-state index contributed by atoms with van der Waals surface area (Å²) >= 11 is 14.1. The number of fused-ring (bicyclic) bond motifs is 1. The van der Waals surface area contributed by atoms with Crippen molar-refractivity contribution in [3.05, 3.63) is 81.9 Å². The average molecular weight is 515 g/mol. The Bertz CT molecular complexity index is 1320. The van der Waals surface area contributed by atoms with Gasteiger partial charge in [-0.05, 0) is 41.8 Å². The maximum absolute atomic E-state index is 11.1. The van der Waals surface area contributed by atoms with Crippen LogP contribution in [0.15, 0.2) is 64.6 Å². The second kappa shape index (κ2) is 10.7. The van der Waals surface area contributed by atoms with Crippen LogP contribution in [0, 0.1) is 0 Å². The summed E-state index contributed by atoms with van der Waals surface area (Å²) in [5.74, 6) is 0.970. The van der Waals surface area contributed by atoms with E-state index in [1.54, 1.807) is 17.8 Å². The number of carbonyl (C=O) groups excluding carboxylic acids is 1. The minimum Gasteiger partial charge on any atom is -0.449 e. The summed E-state index contributed by atoms with van der Waals surface area (Å²) in [5, 5.41) is 3.19. The Kier molecular flexibility index (Phi) is 7.66. The molecule has 2 N–H and O–H groups in total. The SMILES string of the molecule is CC(C)c1nc(CCOC(N)=O)n(Cc2cnc3ccccc3c2)c1Sc1cc(Cl)cc(Cl)c1. The molecule has 1 amide bonds. The summed E-state index contributed by atoms with van der Waals surface area (Å²) in [5.41, 5.74) is 8.09. The van der Waals surface area contributed by atoms with E-state index >= 15 is 0 Å². The molecule has 9 heteroatoms. The summed E-state index contributed by atoms with van der Waals surface area (Å²) in [6, 6.07) is 15.6. The molecule has 0 radical (unpaired) electrons. The van der Waals surface area contributed by atoms with Crippen LogP contribution in [0.2, 0.25) is 10.0 Å². The first-order valence-corrected chi connectivity index (χ1v) is 12.4. The Morgan fingerprint density at radius 3 is 2.59 bits per heavy atom. The van der Waals surface area contributed by atoms with E-state index in [0.29, 0.717) is 23.0 Å². The van der Waals surface area contributed by atoms with Crippen LogP contribution >= 0.6 is 35.0 Å². The van der Waals surface area contributed by atoms with Crippen molar-refractivity contribution >= 4 is 52.0 Å². The van der Waals surface area contributed by atoms with E-state index in [1.807, 2.05) is 42.6 Å². The zero-order chi connectivity index (χ0) is 24.2. The van der Waals surface area contributed by atoms with Gasteiger partial charge in [0.1, 0.15) is 17.5 Å². The lowest BCUT2D eigenvalue weighted by atomic mass is 10.1. The number of primary amides is 1. The molecular weight excluding hydrogens is 491 g/mol. The van der Waals surface area contributed by atoms with Crippen molar-refractivity contribution in [1.82, 2.24) is 14.5 Å². The number of halogens is 2. The molecule has 6 nitrogen and oxygen atoms in total. The first-order valence-electron chi connectivity index (χ1n) is 10.8. The van der Waals surface area contributed by atoms with Crippen molar-refractivity contribution in [2.75, 3.05) is 6.61 Å². The van der Waals surface area contributed by atoms with Crippen LogP contribution in [0.5, 0.6) is 0 Å². The maximum atomic E-state index is 11.1. The number of pyridine rings is 1. The predicted molar refractivity (Wildman–Crippen MR) is 137 cm³/mol. The number of carbonyl (C=O) groups is 1. The summed E-state index contributed by atoms with van der Waals surface area (Å²) in [4.78, 5) is 21.6. The fraction of sp³-hybridized carbons (Fsp3) is 0.240. The van der Waals surface area contributed by atoms with Gasteiger partial charge in [0.25, 0.3) is 0 Å². The molecule has 0 aliphatic rings. The molecule has 2 aromatic heterocycles. The van der Waals surface area contributed by atoms with Crippen LogP contribution in [0.3, 0.4) is 0 Å². The number of hydrogen-bond donors (Lipinski definition) is 1. The van der Waals surface area contributed by atoms with Gasteiger partial charge in [0, 0.05) is 32.9 Å². The van der Waals surface area contributed by atoms with Crippen LogP contribution in [-0.4, -0.2) is 27.2 Å². The molecule has 0 bridgehead atoms. The van der Waals surface area contributed by atoms with Gasteiger partial charge in [-0.1, -0.05) is 67.0 Å². The van der Waals surface area contributed by atoms with Crippen LogP contribution in [0.25, 0.3) is 10.9 Å². The highest BCUT2D eigenvalue weighted by Crippen LogP contribution is 2.37. The van der Waals surface area contributed by atoms with E-state index in [9.17, 15) is 4.79 Å². The van der Waals surface area contributed by atoms with Crippen molar-refractivity contribution < 1.29 is 9.53 Å². The number of benzene rings is 2. The van der Waals surface area contributed by atoms with E-state index in [2.05, 4.69) is 29.5 Å². The second-order valence-electron chi connectivity index (χ2n) is 8.12. The standard InChI is InChI=1S/C25H24Cl2N4O2S/c1-15(2)23-24(34-20-11-18(26)10-19(27)12-20)31(22(30-23)7-8-33-25(28)32)14-16-9-17-5-3-4-6-21(17)29-13-16/h3-6,9-13,15H,7-8,14H2,1-2H3,(H2,28,32). The highest BCUT2D eigenvalue weighted by atomic mass is 35.5. The molecule has 2 heterocycles. The monoisotopic (exact) mass is 514 g/mol. The van der Waals surface area contributed by atoms with Gasteiger partial charge in [-0.25, -0.2) is 9.78 Å². The normalized spacial score (nSPS) is 11.3. The maximum Gasteiger partial charge on any atom is 0.404 e. The first kappa shape index (κ1) is 24.4. The van der Waals surface area contributed by atoms with Crippen molar-refractivity contribution in [1.29, 1.82) is 0 Å². The average Bonchev–Trinajstić information content (AvgIpc) is 3.10. The quantitative estimate of drug-likeness (QED) is 0.282. The van der Waals surface area contributed by atoms with Crippen LogP contribution in [-0.2, 0) is 17.7 Å². The van der Waals surface area contributed by atoms with Crippen molar-refractivity contribution in [2.45, 2.75) is 42.7 Å². The van der Waals surface area contributed by atoms with Gasteiger partial charge in [-0.3, -0.25) is 4.98 Å². The summed E-state index contributed by atoms with van der Waals surface area (Å²) < 4.78 is 7.14. The first-order chi connectivity index (χ1) is 16.3. The van der Waals surface area contributed by atoms with Gasteiger partial charge >= 0.3 is 6.09 Å². The predicted octanol–water partition coefficient (Wildman–Crippen LogP) is 6.70. The molecule has 4 aromatic rings. The number of ether oxygens (including phenoxy) is 1. The van der Waals surface area contributed by atoms with Crippen molar-refractivity contribution in [3.63, 3.8) is 0 Å². The lowest BCUT2D eigenvalue weighted by Crippen LogP contribution is -2.16. The zero-order valence-corrected chi connectivity index (χ0v) is 21.1. The Morgan fingerprint density at radius 1 is 1.15 bits per heavy atom. The molecule has 176 valence electrons. The van der Waals surface area contributed by atoms with Gasteiger partial charge in [0.05, 0.1) is 17.8 Å². The summed E-state index contributed by atoms with van der Waals surface area (Å²) in [7, 11) is 0. The van der Waals surface area contributed by atoms with Gasteiger partial charge in [-0.2, -0.15) is 0 Å².